The van der Waals surface area contributed by atoms with Crippen LogP contribution in [0.1, 0.15) is 25.2 Å². The van der Waals surface area contributed by atoms with Crippen LogP contribution in [0, 0.1) is 5.82 Å². The van der Waals surface area contributed by atoms with Crippen molar-refractivity contribution in [3.05, 3.63) is 53.1 Å². The second-order valence-electron chi connectivity index (χ2n) is 6.76. The van der Waals surface area contributed by atoms with Gasteiger partial charge in [0.25, 0.3) is 0 Å². The number of hydrogen-bond acceptors (Lipinski definition) is 6. The molecular formula is C21H19ClFN3O4. The number of nitrogens with zero attached hydrogens (tertiary/aromatic N) is 3. The molecule has 1 aliphatic rings. The lowest BCUT2D eigenvalue weighted by Crippen LogP contribution is -2.25. The Bertz CT molecular complexity index is 1090. The molecule has 1 aromatic heterocycles. The van der Waals surface area contributed by atoms with Crippen molar-refractivity contribution in [3.63, 3.8) is 0 Å². The Morgan fingerprint density at radius 1 is 1.27 bits per heavy atom. The van der Waals surface area contributed by atoms with Gasteiger partial charge in [-0.15, -0.1) is 0 Å². The first-order valence-corrected chi connectivity index (χ1v) is 9.78. The SMILES string of the molecule is CCOc1ccc(-c2noc(C3CC(=O)N(c4cc(Cl)ccc4F)C3)n2)cc1OC. The number of amides is 1. The van der Waals surface area contributed by atoms with Gasteiger partial charge >= 0.3 is 0 Å². The van der Waals surface area contributed by atoms with Gasteiger partial charge in [0.1, 0.15) is 5.82 Å². The zero-order chi connectivity index (χ0) is 21.3. The summed E-state index contributed by atoms with van der Waals surface area (Å²) in [7, 11) is 1.55. The van der Waals surface area contributed by atoms with Gasteiger partial charge < -0.3 is 18.9 Å². The Balaban J connectivity index is 1.56. The van der Waals surface area contributed by atoms with Crippen molar-refractivity contribution < 1.29 is 23.2 Å². The fourth-order valence-corrected chi connectivity index (χ4v) is 3.56. The quantitative estimate of drug-likeness (QED) is 0.573. The Morgan fingerprint density at radius 2 is 2.10 bits per heavy atom. The van der Waals surface area contributed by atoms with Gasteiger partial charge in [-0.05, 0) is 43.3 Å². The molecule has 4 rings (SSSR count). The van der Waals surface area contributed by atoms with Crippen LogP contribution >= 0.6 is 11.6 Å². The van der Waals surface area contributed by atoms with Gasteiger partial charge in [-0.3, -0.25) is 4.79 Å². The zero-order valence-corrected chi connectivity index (χ0v) is 17.1. The first kappa shape index (κ1) is 20.2. The summed E-state index contributed by atoms with van der Waals surface area (Å²) in [6, 6.07) is 9.44. The monoisotopic (exact) mass is 431 g/mol. The smallest absolute Gasteiger partial charge is 0.232 e. The third kappa shape index (κ3) is 3.82. The summed E-state index contributed by atoms with van der Waals surface area (Å²) in [6.45, 7) is 2.63. The second kappa shape index (κ2) is 8.31. The molecule has 0 radical (unpaired) electrons. The van der Waals surface area contributed by atoms with Crippen LogP contribution in [0.25, 0.3) is 11.4 Å². The Labute approximate surface area is 177 Å². The lowest BCUT2D eigenvalue weighted by atomic mass is 10.1. The first-order chi connectivity index (χ1) is 14.5. The van der Waals surface area contributed by atoms with Crippen molar-refractivity contribution in [1.29, 1.82) is 0 Å². The Kier molecular flexibility index (Phi) is 5.59. The third-order valence-electron chi connectivity index (χ3n) is 4.84. The molecule has 9 heteroatoms. The Hall–Kier alpha value is -3.13. The molecule has 0 bridgehead atoms. The largest absolute Gasteiger partial charge is 0.493 e. The highest BCUT2D eigenvalue weighted by Gasteiger charge is 2.36. The summed E-state index contributed by atoms with van der Waals surface area (Å²) in [4.78, 5) is 18.3. The predicted octanol–water partition coefficient (Wildman–Crippen LogP) is 4.46. The van der Waals surface area contributed by atoms with E-state index >= 15 is 0 Å². The molecule has 0 aliphatic carbocycles. The molecular weight excluding hydrogens is 413 g/mol. The normalized spacial score (nSPS) is 16.2. The van der Waals surface area contributed by atoms with Crippen LogP contribution in [0.2, 0.25) is 5.02 Å². The summed E-state index contributed by atoms with van der Waals surface area (Å²) in [5.74, 6) is 0.765. The molecule has 1 atom stereocenters. The highest BCUT2D eigenvalue weighted by Crippen LogP contribution is 2.35. The van der Waals surface area contributed by atoms with Gasteiger partial charge in [0.15, 0.2) is 11.5 Å². The minimum atomic E-state index is -0.513. The van der Waals surface area contributed by atoms with Crippen LogP contribution < -0.4 is 14.4 Å². The summed E-state index contributed by atoms with van der Waals surface area (Å²) < 4.78 is 30.5. The van der Waals surface area contributed by atoms with Gasteiger partial charge in [-0.1, -0.05) is 16.8 Å². The average Bonchev–Trinajstić information content (AvgIpc) is 3.37. The predicted molar refractivity (Wildman–Crippen MR) is 109 cm³/mol. The van der Waals surface area contributed by atoms with E-state index in [1.54, 1.807) is 25.3 Å². The number of hydrogen-bond donors (Lipinski definition) is 0. The lowest BCUT2D eigenvalue weighted by Gasteiger charge is -2.17. The van der Waals surface area contributed by atoms with Crippen LogP contribution in [0.15, 0.2) is 40.9 Å². The minimum Gasteiger partial charge on any atom is -0.493 e. The maximum atomic E-state index is 14.2. The molecule has 0 spiro atoms. The minimum absolute atomic E-state index is 0.139. The number of ether oxygens (including phenoxy) is 2. The van der Waals surface area contributed by atoms with E-state index in [2.05, 4.69) is 10.1 Å². The number of rotatable bonds is 6. The average molecular weight is 432 g/mol. The number of carbonyl (C=O) groups excluding carboxylic acids is 1. The molecule has 2 heterocycles. The maximum Gasteiger partial charge on any atom is 0.232 e. The number of aromatic nitrogens is 2. The number of benzene rings is 2. The molecule has 0 N–H and O–H groups in total. The van der Waals surface area contributed by atoms with Crippen LogP contribution in [-0.2, 0) is 4.79 Å². The third-order valence-corrected chi connectivity index (χ3v) is 5.07. The standard InChI is InChI=1S/C21H19ClFN3O4/c1-3-29-17-7-4-12(8-18(17)28-2)20-24-21(30-25-20)13-9-19(27)26(11-13)16-10-14(22)5-6-15(16)23/h4-8,10,13H,3,9,11H2,1-2H3. The summed E-state index contributed by atoms with van der Waals surface area (Å²) >= 11 is 5.96. The van der Waals surface area contributed by atoms with E-state index in [0.717, 1.165) is 0 Å². The molecule has 3 aromatic rings. The molecule has 7 nitrogen and oxygen atoms in total. The van der Waals surface area contributed by atoms with Crippen molar-refractivity contribution in [2.45, 2.75) is 19.3 Å². The van der Waals surface area contributed by atoms with Crippen LogP contribution in [0.3, 0.4) is 0 Å². The van der Waals surface area contributed by atoms with Gasteiger partial charge in [-0.25, -0.2) is 4.39 Å². The van der Waals surface area contributed by atoms with E-state index in [4.69, 9.17) is 25.6 Å². The van der Waals surface area contributed by atoms with Gasteiger partial charge in [0.05, 0.1) is 25.3 Å². The molecule has 1 unspecified atom stereocenters. The first-order valence-electron chi connectivity index (χ1n) is 9.40. The van der Waals surface area contributed by atoms with Crippen molar-refractivity contribution in [1.82, 2.24) is 10.1 Å². The summed E-state index contributed by atoms with van der Waals surface area (Å²) in [5, 5.41) is 4.38. The molecule has 30 heavy (non-hydrogen) atoms. The van der Waals surface area contributed by atoms with Crippen molar-refractivity contribution in [2.75, 3.05) is 25.2 Å². The second-order valence-corrected chi connectivity index (χ2v) is 7.19. The molecule has 1 fully saturated rings. The molecule has 1 aliphatic heterocycles. The van der Waals surface area contributed by atoms with Crippen molar-refractivity contribution >= 4 is 23.2 Å². The molecule has 2 aromatic carbocycles. The van der Waals surface area contributed by atoms with Gasteiger partial charge in [-0.2, -0.15) is 4.98 Å². The fourth-order valence-electron chi connectivity index (χ4n) is 3.40. The highest BCUT2D eigenvalue weighted by atomic mass is 35.5. The number of methoxy groups -OCH3 is 1. The highest BCUT2D eigenvalue weighted by molar-refractivity contribution is 6.31. The van der Waals surface area contributed by atoms with Crippen LogP contribution in [0.5, 0.6) is 11.5 Å². The summed E-state index contributed by atoms with van der Waals surface area (Å²) in [5.41, 5.74) is 0.832. The van der Waals surface area contributed by atoms with E-state index < -0.39 is 5.82 Å². The number of carbonyl (C=O) groups is 1. The molecule has 0 saturated carbocycles. The van der Waals surface area contributed by atoms with E-state index in [-0.39, 0.29) is 30.5 Å². The van der Waals surface area contributed by atoms with E-state index in [1.807, 2.05) is 6.92 Å². The molecule has 1 amide bonds. The number of halogens is 2. The topological polar surface area (TPSA) is 77.7 Å². The van der Waals surface area contributed by atoms with E-state index in [0.29, 0.717) is 40.4 Å². The maximum absolute atomic E-state index is 14.2. The lowest BCUT2D eigenvalue weighted by molar-refractivity contribution is -0.117. The van der Waals surface area contributed by atoms with Crippen molar-refractivity contribution in [2.24, 2.45) is 0 Å². The van der Waals surface area contributed by atoms with E-state index in [9.17, 15) is 9.18 Å². The Morgan fingerprint density at radius 3 is 2.87 bits per heavy atom. The van der Waals surface area contributed by atoms with Crippen LogP contribution in [-0.4, -0.2) is 36.3 Å². The summed E-state index contributed by atoms with van der Waals surface area (Å²) in [6.07, 6.45) is 0.139. The zero-order valence-electron chi connectivity index (χ0n) is 16.4. The molecule has 1 saturated heterocycles. The number of anilines is 1. The fraction of sp³-hybridized carbons (Fsp3) is 0.286. The molecule has 156 valence electrons. The van der Waals surface area contributed by atoms with Gasteiger partial charge in [0.2, 0.25) is 17.6 Å². The van der Waals surface area contributed by atoms with Crippen molar-refractivity contribution in [3.8, 4) is 22.9 Å². The van der Waals surface area contributed by atoms with Crippen LogP contribution in [0.4, 0.5) is 10.1 Å². The van der Waals surface area contributed by atoms with E-state index in [1.165, 1.54) is 23.1 Å². The van der Waals surface area contributed by atoms with Gasteiger partial charge in [0, 0.05) is 23.6 Å².